The van der Waals surface area contributed by atoms with Crippen LogP contribution >= 0.6 is 0 Å². The Morgan fingerprint density at radius 3 is 1.98 bits per heavy atom. The standard InChI is InChI=1S/C45H28N2O2/c1-2-12-29(13-3-1)33-14-8-10-20-40(33)47(32-26-27-42-39(28-32)36-17-9-11-21-41(36)48-42)31-24-22-30(23-25-31)45-46-43-37-18-6-4-15-34(37)35-16-5-7-19-38(35)44(43)49-45/h1-28H/i4D,5D,6D,7D,15D,16D,18D,19D. The number of nitrogens with zero attached hydrogens (tertiary/aromatic N) is 2. The zero-order chi connectivity index (χ0) is 39.3. The molecule has 0 saturated carbocycles. The molecule has 2 heterocycles. The summed E-state index contributed by atoms with van der Waals surface area (Å²) in [6.07, 6.45) is 0. The van der Waals surface area contributed by atoms with Gasteiger partial charge < -0.3 is 13.7 Å². The maximum absolute atomic E-state index is 8.84. The van der Waals surface area contributed by atoms with Gasteiger partial charge in [0.2, 0.25) is 5.89 Å². The summed E-state index contributed by atoms with van der Waals surface area (Å²) in [6.45, 7) is 0. The van der Waals surface area contributed by atoms with Crippen LogP contribution in [0.15, 0.2) is 179 Å². The van der Waals surface area contributed by atoms with E-state index in [1.54, 1.807) is 0 Å². The minimum absolute atomic E-state index is 0.00485. The average Bonchev–Trinajstić information content (AvgIpc) is 3.86. The van der Waals surface area contributed by atoms with Crippen LogP contribution in [0.4, 0.5) is 17.1 Å². The number of hydrogen-bond acceptors (Lipinski definition) is 4. The van der Waals surface area contributed by atoms with E-state index < -0.39 is 42.3 Å². The number of fused-ring (bicyclic) bond motifs is 9. The van der Waals surface area contributed by atoms with Crippen LogP contribution < -0.4 is 4.90 Å². The third kappa shape index (κ3) is 4.42. The fraction of sp³-hybridized carbons (Fsp3) is 0. The maximum atomic E-state index is 8.84. The summed E-state index contributed by atoms with van der Waals surface area (Å²) >= 11 is 0. The van der Waals surface area contributed by atoms with Gasteiger partial charge in [0.25, 0.3) is 0 Å². The van der Waals surface area contributed by atoms with Crippen molar-refractivity contribution in [3.63, 3.8) is 0 Å². The van der Waals surface area contributed by atoms with E-state index in [0.29, 0.717) is 5.56 Å². The van der Waals surface area contributed by atoms with E-state index in [2.05, 4.69) is 35.2 Å². The number of aromatic nitrogens is 1. The number of para-hydroxylation sites is 2. The Bertz CT molecular complexity index is 3190. The highest BCUT2D eigenvalue weighted by Gasteiger charge is 2.20. The first-order chi connectivity index (χ1) is 27.6. The molecule has 0 fully saturated rings. The molecule has 8 aromatic carbocycles. The van der Waals surface area contributed by atoms with E-state index in [1.807, 2.05) is 91.0 Å². The van der Waals surface area contributed by atoms with E-state index in [-0.39, 0.29) is 44.6 Å². The van der Waals surface area contributed by atoms with Gasteiger partial charge in [0, 0.05) is 44.0 Å². The van der Waals surface area contributed by atoms with Gasteiger partial charge in [-0.1, -0.05) is 115 Å². The van der Waals surface area contributed by atoms with E-state index >= 15 is 0 Å². The molecule has 4 nitrogen and oxygen atoms in total. The van der Waals surface area contributed by atoms with Crippen LogP contribution in [0.25, 0.3) is 77.2 Å². The van der Waals surface area contributed by atoms with Crippen LogP contribution in [0.3, 0.4) is 0 Å². The Morgan fingerprint density at radius 1 is 0.490 bits per heavy atom. The molecule has 0 spiro atoms. The normalized spacial score (nSPS) is 14.0. The molecule has 0 saturated heterocycles. The van der Waals surface area contributed by atoms with Crippen molar-refractivity contribution >= 4 is 71.6 Å². The molecule has 0 bridgehead atoms. The van der Waals surface area contributed by atoms with Crippen LogP contribution in [0.1, 0.15) is 11.0 Å². The van der Waals surface area contributed by atoms with Crippen molar-refractivity contribution < 1.29 is 19.8 Å². The first kappa shape index (κ1) is 20.6. The summed E-state index contributed by atoms with van der Waals surface area (Å²) in [5.41, 5.74) is 6.93. The molecule has 0 amide bonds. The minimum Gasteiger partial charge on any atom is -0.456 e. The highest BCUT2D eigenvalue weighted by Crippen LogP contribution is 2.43. The van der Waals surface area contributed by atoms with Crippen LogP contribution in [0, 0.1) is 0 Å². The molecule has 0 radical (unpaired) electrons. The predicted octanol–water partition coefficient (Wildman–Crippen LogP) is 12.8. The lowest BCUT2D eigenvalue weighted by molar-refractivity contribution is 0.623. The summed E-state index contributed by atoms with van der Waals surface area (Å²) in [6, 6.07) is 36.4. The molecule has 0 aliphatic carbocycles. The van der Waals surface area contributed by atoms with E-state index in [0.717, 1.165) is 50.1 Å². The Kier molecular flexibility index (Phi) is 4.60. The lowest BCUT2D eigenvalue weighted by atomic mass is 10.0. The van der Waals surface area contributed by atoms with Gasteiger partial charge in [0.1, 0.15) is 16.7 Å². The van der Waals surface area contributed by atoms with Crippen molar-refractivity contribution in [2.45, 2.75) is 0 Å². The van der Waals surface area contributed by atoms with Crippen molar-refractivity contribution in [2.75, 3.05) is 4.90 Å². The molecule has 10 rings (SSSR count). The largest absolute Gasteiger partial charge is 0.456 e. The fourth-order valence-corrected chi connectivity index (χ4v) is 6.69. The first-order valence-corrected chi connectivity index (χ1v) is 15.8. The predicted molar refractivity (Wildman–Crippen MR) is 202 cm³/mol. The number of anilines is 3. The molecule has 4 heteroatoms. The monoisotopic (exact) mass is 636 g/mol. The topological polar surface area (TPSA) is 42.4 Å². The second-order valence-corrected chi connectivity index (χ2v) is 11.7. The zero-order valence-electron chi connectivity index (χ0n) is 33.8. The van der Waals surface area contributed by atoms with Crippen molar-refractivity contribution in [1.29, 1.82) is 0 Å². The molecule has 230 valence electrons. The number of rotatable bonds is 5. The molecular weight excluding hydrogens is 601 g/mol. The number of oxazole rings is 1. The highest BCUT2D eigenvalue weighted by molar-refractivity contribution is 6.22. The Morgan fingerprint density at radius 2 is 1.14 bits per heavy atom. The van der Waals surface area contributed by atoms with Crippen LogP contribution in [-0.4, -0.2) is 4.98 Å². The van der Waals surface area contributed by atoms with Crippen LogP contribution in [0.2, 0.25) is 0 Å². The summed E-state index contributed by atoms with van der Waals surface area (Å²) in [5, 5.41) is 1.90. The second-order valence-electron chi connectivity index (χ2n) is 11.7. The summed E-state index contributed by atoms with van der Waals surface area (Å²) in [5.74, 6) is 0.118. The van der Waals surface area contributed by atoms with Crippen molar-refractivity contribution in [3.05, 3.63) is 170 Å². The smallest absolute Gasteiger partial charge is 0.227 e. The summed E-state index contributed by atoms with van der Waals surface area (Å²) < 4.78 is 81.4. The molecule has 0 unspecified atom stereocenters. The van der Waals surface area contributed by atoms with Gasteiger partial charge in [-0.3, -0.25) is 0 Å². The zero-order valence-corrected chi connectivity index (χ0v) is 25.8. The molecule has 49 heavy (non-hydrogen) atoms. The maximum Gasteiger partial charge on any atom is 0.227 e. The van der Waals surface area contributed by atoms with Crippen molar-refractivity contribution in [2.24, 2.45) is 0 Å². The van der Waals surface area contributed by atoms with Crippen molar-refractivity contribution in [1.82, 2.24) is 4.98 Å². The quantitative estimate of drug-likeness (QED) is 0.176. The van der Waals surface area contributed by atoms with Gasteiger partial charge in [0.15, 0.2) is 5.58 Å². The van der Waals surface area contributed by atoms with Crippen LogP contribution in [-0.2, 0) is 0 Å². The van der Waals surface area contributed by atoms with Gasteiger partial charge in [-0.25, -0.2) is 4.98 Å². The van der Waals surface area contributed by atoms with Gasteiger partial charge in [0.05, 0.1) is 16.7 Å². The molecule has 0 aliphatic rings. The second kappa shape index (κ2) is 11.0. The van der Waals surface area contributed by atoms with Crippen molar-refractivity contribution in [3.8, 4) is 22.6 Å². The fourth-order valence-electron chi connectivity index (χ4n) is 6.69. The number of benzene rings is 8. The average molecular weight is 637 g/mol. The number of furan rings is 1. The van der Waals surface area contributed by atoms with Gasteiger partial charge in [-0.15, -0.1) is 0 Å². The Labute approximate surface area is 293 Å². The molecule has 0 atom stereocenters. The Hall–Kier alpha value is -6.65. The number of hydrogen-bond donors (Lipinski definition) is 0. The van der Waals surface area contributed by atoms with Crippen LogP contribution in [0.5, 0.6) is 0 Å². The van der Waals surface area contributed by atoms with E-state index in [1.165, 1.54) is 0 Å². The molecule has 0 N–H and O–H groups in total. The third-order valence-electron chi connectivity index (χ3n) is 8.94. The van der Waals surface area contributed by atoms with Gasteiger partial charge in [-0.05, 0) is 70.9 Å². The van der Waals surface area contributed by atoms with Gasteiger partial charge in [-0.2, -0.15) is 0 Å². The molecule has 10 aromatic rings. The molecule has 2 aromatic heterocycles. The first-order valence-electron chi connectivity index (χ1n) is 19.8. The summed E-state index contributed by atoms with van der Waals surface area (Å²) in [7, 11) is 0. The highest BCUT2D eigenvalue weighted by atomic mass is 16.3. The van der Waals surface area contributed by atoms with Gasteiger partial charge >= 0.3 is 0 Å². The third-order valence-corrected chi connectivity index (χ3v) is 8.94. The lowest BCUT2D eigenvalue weighted by Crippen LogP contribution is -2.11. The Balaban J connectivity index is 1.19. The lowest BCUT2D eigenvalue weighted by Gasteiger charge is -2.28. The molecular formula is C45H28N2O2. The van der Waals surface area contributed by atoms with E-state index in [9.17, 15) is 0 Å². The SMILES string of the molecule is [2H]c1c([2H])c([2H])c2c(c1[2H])c1nc(-c3ccc(N(c4ccc5oc6ccccc6c5c4)c4ccccc4-c4ccccc4)cc3)oc1c1c([2H])c([2H])c([2H])c([2H])c12. The minimum atomic E-state index is -0.519. The molecule has 0 aliphatic heterocycles. The van der Waals surface area contributed by atoms with E-state index in [4.69, 9.17) is 24.8 Å². The summed E-state index contributed by atoms with van der Waals surface area (Å²) in [4.78, 5) is 6.94.